The molecule has 2 rings (SSSR count). The van der Waals surface area contributed by atoms with Crippen LogP contribution in [0.2, 0.25) is 0 Å². The standard InChI is InChI=1S/C19H24O6/c1-12-6-5-9-16(21)15(20)8-4-3-7-13-10-14(24-2)11-17(22)18(13)19(23)25-12/h3,7,10-12,15,20,22H,4-6,8-9H2,1-2H3/b7-3+/t12-,15-/m0/s1. The summed E-state index contributed by atoms with van der Waals surface area (Å²) in [6, 6.07) is 3.00. The summed E-state index contributed by atoms with van der Waals surface area (Å²) in [6.07, 6.45) is 4.10. The molecule has 1 aromatic rings. The maximum Gasteiger partial charge on any atom is 0.342 e. The van der Waals surface area contributed by atoms with Gasteiger partial charge in [0.05, 0.1) is 13.2 Å². The molecular formula is C19H24O6. The SMILES string of the molecule is COc1cc(O)c2c(c1)/C=C/CC[C@H](O)C(=O)CCC[C@H](C)OC2=O. The average Bonchev–Trinajstić information content (AvgIpc) is 2.56. The van der Waals surface area contributed by atoms with E-state index >= 15 is 0 Å². The van der Waals surface area contributed by atoms with Gasteiger partial charge in [0.25, 0.3) is 0 Å². The van der Waals surface area contributed by atoms with Crippen LogP contribution in [0.3, 0.4) is 0 Å². The molecule has 2 N–H and O–H groups in total. The van der Waals surface area contributed by atoms with Crippen LogP contribution in [0.15, 0.2) is 18.2 Å². The Hall–Kier alpha value is -2.34. The quantitative estimate of drug-likeness (QED) is 0.758. The first-order valence-corrected chi connectivity index (χ1v) is 8.41. The maximum atomic E-state index is 12.5. The Morgan fingerprint density at radius 2 is 2.00 bits per heavy atom. The molecule has 0 fully saturated rings. The van der Waals surface area contributed by atoms with Crippen molar-refractivity contribution in [3.8, 4) is 11.5 Å². The summed E-state index contributed by atoms with van der Waals surface area (Å²) in [5.41, 5.74) is 0.546. The van der Waals surface area contributed by atoms with Crippen LogP contribution in [-0.2, 0) is 9.53 Å². The van der Waals surface area contributed by atoms with Crippen molar-refractivity contribution in [2.24, 2.45) is 0 Å². The number of allylic oxidation sites excluding steroid dienone is 1. The van der Waals surface area contributed by atoms with E-state index in [1.165, 1.54) is 13.2 Å². The number of Topliss-reactive ketones (excluding diaryl/α,β-unsaturated/α-hetero) is 1. The van der Waals surface area contributed by atoms with Gasteiger partial charge in [-0.2, -0.15) is 0 Å². The average molecular weight is 348 g/mol. The lowest BCUT2D eigenvalue weighted by Crippen LogP contribution is -2.21. The predicted molar refractivity (Wildman–Crippen MR) is 92.7 cm³/mol. The van der Waals surface area contributed by atoms with Crippen LogP contribution in [0.1, 0.15) is 54.9 Å². The lowest BCUT2D eigenvalue weighted by Gasteiger charge is -2.16. The van der Waals surface area contributed by atoms with Crippen LogP contribution in [0.4, 0.5) is 0 Å². The lowest BCUT2D eigenvalue weighted by atomic mass is 10.0. The molecule has 0 aliphatic carbocycles. The molecule has 6 heteroatoms. The van der Waals surface area contributed by atoms with Crippen molar-refractivity contribution in [3.05, 3.63) is 29.3 Å². The van der Waals surface area contributed by atoms with E-state index in [1.54, 1.807) is 25.1 Å². The second-order valence-corrected chi connectivity index (χ2v) is 6.18. The first-order valence-electron chi connectivity index (χ1n) is 8.41. The molecule has 1 aliphatic rings. The summed E-state index contributed by atoms with van der Waals surface area (Å²) < 4.78 is 10.5. The van der Waals surface area contributed by atoms with Crippen LogP contribution >= 0.6 is 0 Å². The van der Waals surface area contributed by atoms with E-state index in [4.69, 9.17) is 9.47 Å². The van der Waals surface area contributed by atoms with Gasteiger partial charge in [-0.15, -0.1) is 0 Å². The number of fused-ring (bicyclic) bond motifs is 1. The number of methoxy groups -OCH3 is 1. The van der Waals surface area contributed by atoms with Crippen LogP contribution in [0.5, 0.6) is 11.5 Å². The number of hydrogen-bond acceptors (Lipinski definition) is 6. The van der Waals surface area contributed by atoms with Crippen molar-refractivity contribution in [2.45, 2.75) is 51.2 Å². The normalized spacial score (nSPS) is 24.0. The van der Waals surface area contributed by atoms with Gasteiger partial charge in [-0.3, -0.25) is 4.79 Å². The topological polar surface area (TPSA) is 93.1 Å². The Bertz CT molecular complexity index is 664. The Morgan fingerprint density at radius 1 is 1.24 bits per heavy atom. The van der Waals surface area contributed by atoms with Crippen LogP contribution in [0.25, 0.3) is 6.08 Å². The summed E-state index contributed by atoms with van der Waals surface area (Å²) >= 11 is 0. The second-order valence-electron chi connectivity index (χ2n) is 6.18. The van der Waals surface area contributed by atoms with Gasteiger partial charge in [-0.05, 0) is 44.2 Å². The van der Waals surface area contributed by atoms with Crippen LogP contribution < -0.4 is 4.74 Å². The summed E-state index contributed by atoms with van der Waals surface area (Å²) in [5, 5.41) is 20.1. The third-order valence-corrected chi connectivity index (χ3v) is 4.18. The van der Waals surface area contributed by atoms with E-state index in [0.717, 1.165) is 0 Å². The van der Waals surface area contributed by atoms with E-state index in [-0.39, 0.29) is 23.5 Å². The highest BCUT2D eigenvalue weighted by molar-refractivity contribution is 5.97. The second kappa shape index (κ2) is 8.67. The zero-order valence-electron chi connectivity index (χ0n) is 14.5. The molecular weight excluding hydrogens is 324 g/mol. The number of ketones is 1. The summed E-state index contributed by atoms with van der Waals surface area (Å²) in [7, 11) is 1.47. The number of phenolic OH excluding ortho intramolecular Hbond substituents is 1. The Labute approximate surface area is 147 Å². The largest absolute Gasteiger partial charge is 0.507 e. The van der Waals surface area contributed by atoms with E-state index in [2.05, 4.69) is 0 Å². The number of hydrogen-bond donors (Lipinski definition) is 2. The fraction of sp³-hybridized carbons (Fsp3) is 0.474. The summed E-state index contributed by atoms with van der Waals surface area (Å²) in [6.45, 7) is 1.74. The van der Waals surface area contributed by atoms with Gasteiger partial charge in [0.2, 0.25) is 0 Å². The molecule has 136 valence electrons. The lowest BCUT2D eigenvalue weighted by molar-refractivity contribution is -0.127. The maximum absolute atomic E-state index is 12.5. The summed E-state index contributed by atoms with van der Waals surface area (Å²) in [4.78, 5) is 24.3. The number of benzene rings is 1. The molecule has 0 saturated carbocycles. The first-order chi connectivity index (χ1) is 11.9. The van der Waals surface area contributed by atoms with E-state index in [1.807, 2.05) is 0 Å². The molecule has 0 radical (unpaired) electrons. The molecule has 0 spiro atoms. The van der Waals surface area contributed by atoms with E-state index in [0.29, 0.717) is 37.0 Å². The first kappa shape index (κ1) is 19.0. The third kappa shape index (κ3) is 5.06. The highest BCUT2D eigenvalue weighted by Gasteiger charge is 2.22. The molecule has 6 nitrogen and oxygen atoms in total. The number of rotatable bonds is 1. The zero-order valence-corrected chi connectivity index (χ0v) is 14.5. The summed E-state index contributed by atoms with van der Waals surface area (Å²) in [5.74, 6) is -0.601. The minimum Gasteiger partial charge on any atom is -0.507 e. The van der Waals surface area contributed by atoms with Crippen molar-refractivity contribution in [1.29, 1.82) is 0 Å². The fourth-order valence-corrected chi connectivity index (χ4v) is 2.75. The van der Waals surface area contributed by atoms with Crippen molar-refractivity contribution in [2.75, 3.05) is 7.11 Å². The van der Waals surface area contributed by atoms with Gasteiger partial charge < -0.3 is 19.7 Å². The molecule has 1 aromatic carbocycles. The number of carbonyl (C=O) groups excluding carboxylic acids is 2. The van der Waals surface area contributed by atoms with E-state index < -0.39 is 18.2 Å². The Kier molecular flexibility index (Phi) is 6.58. The van der Waals surface area contributed by atoms with Gasteiger partial charge in [0.15, 0.2) is 5.78 Å². The minimum absolute atomic E-state index is 0.0811. The van der Waals surface area contributed by atoms with Gasteiger partial charge in [0.1, 0.15) is 23.2 Å². The van der Waals surface area contributed by atoms with Crippen molar-refractivity contribution >= 4 is 17.8 Å². The molecule has 0 amide bonds. The number of carbonyl (C=O) groups is 2. The number of phenols is 1. The molecule has 0 bridgehead atoms. The highest BCUT2D eigenvalue weighted by atomic mass is 16.5. The molecule has 25 heavy (non-hydrogen) atoms. The molecule has 0 aromatic heterocycles. The fourth-order valence-electron chi connectivity index (χ4n) is 2.75. The van der Waals surface area contributed by atoms with E-state index in [9.17, 15) is 19.8 Å². The van der Waals surface area contributed by atoms with Crippen LogP contribution in [0, 0.1) is 0 Å². The highest BCUT2D eigenvalue weighted by Crippen LogP contribution is 2.30. The molecule has 2 atom stereocenters. The minimum atomic E-state index is -0.983. The van der Waals surface area contributed by atoms with Crippen molar-refractivity contribution in [3.63, 3.8) is 0 Å². The molecule has 1 aliphatic heterocycles. The number of aliphatic hydroxyl groups excluding tert-OH is 1. The molecule has 1 heterocycles. The molecule has 0 unspecified atom stereocenters. The Morgan fingerprint density at radius 3 is 2.72 bits per heavy atom. The Balaban J connectivity index is 2.36. The number of aliphatic hydroxyl groups is 1. The van der Waals surface area contributed by atoms with Gasteiger partial charge >= 0.3 is 5.97 Å². The smallest absolute Gasteiger partial charge is 0.342 e. The number of esters is 1. The zero-order chi connectivity index (χ0) is 18.4. The number of aromatic hydroxyl groups is 1. The number of cyclic esters (lactones) is 1. The van der Waals surface area contributed by atoms with Crippen molar-refractivity contribution in [1.82, 2.24) is 0 Å². The third-order valence-electron chi connectivity index (χ3n) is 4.18. The number of ether oxygens (including phenoxy) is 2. The monoisotopic (exact) mass is 348 g/mol. The van der Waals surface area contributed by atoms with Crippen molar-refractivity contribution < 1.29 is 29.3 Å². The van der Waals surface area contributed by atoms with Gasteiger partial charge in [0, 0.05) is 12.5 Å². The predicted octanol–water partition coefficient (Wildman–Crippen LogP) is 2.85. The molecule has 0 saturated heterocycles. The van der Waals surface area contributed by atoms with Gasteiger partial charge in [-0.1, -0.05) is 12.2 Å². The van der Waals surface area contributed by atoms with Crippen LogP contribution in [-0.4, -0.2) is 41.3 Å². The van der Waals surface area contributed by atoms with Gasteiger partial charge in [-0.25, -0.2) is 4.79 Å².